The average molecular weight is 514 g/mol. The Bertz CT molecular complexity index is 2540. The number of rotatable bonds is 3. The second kappa shape index (κ2) is 9.22. The van der Waals surface area contributed by atoms with E-state index in [0.29, 0.717) is 5.56 Å². The zero-order valence-corrected chi connectivity index (χ0v) is 21.5. The van der Waals surface area contributed by atoms with E-state index in [1.807, 2.05) is 54.6 Å². The molecular weight excluding hydrogens is 480 g/mol. The van der Waals surface area contributed by atoms with Crippen LogP contribution in [0.1, 0.15) is 9.60 Å². The summed E-state index contributed by atoms with van der Waals surface area (Å²) in [6, 6.07) is 36.3. The molecule has 0 N–H and O–H groups in total. The monoisotopic (exact) mass is 513 g/mol. The molecule has 0 aliphatic heterocycles. The summed E-state index contributed by atoms with van der Waals surface area (Å²) in [6.45, 7) is 0. The summed E-state index contributed by atoms with van der Waals surface area (Å²) in [7, 11) is 0. The van der Waals surface area contributed by atoms with E-state index in [1.165, 1.54) is 0 Å². The summed E-state index contributed by atoms with van der Waals surface area (Å²) in [5.74, 6) is 0. The van der Waals surface area contributed by atoms with E-state index in [0.717, 1.165) is 54.6 Å². The summed E-state index contributed by atoms with van der Waals surface area (Å²) < 4.78 is 60.8. The highest BCUT2D eigenvalue weighted by Gasteiger charge is 2.19. The Morgan fingerprint density at radius 3 is 1.55 bits per heavy atom. The molecule has 0 amide bonds. The van der Waals surface area contributed by atoms with Gasteiger partial charge in [-0.1, -0.05) is 152 Å². The molecular formula is C40H26. The lowest BCUT2D eigenvalue weighted by molar-refractivity contribution is 1.62. The molecule has 0 saturated carbocycles. The maximum absolute atomic E-state index is 9.28. The van der Waals surface area contributed by atoms with Gasteiger partial charge < -0.3 is 0 Å². The molecule has 8 aromatic rings. The third-order valence-electron chi connectivity index (χ3n) is 7.71. The van der Waals surface area contributed by atoms with E-state index in [4.69, 9.17) is 8.22 Å². The van der Waals surface area contributed by atoms with E-state index in [9.17, 15) is 1.37 Å². The van der Waals surface area contributed by atoms with E-state index < -0.39 is 18.1 Å². The maximum atomic E-state index is 9.28. The van der Waals surface area contributed by atoms with Gasteiger partial charge in [-0.25, -0.2) is 0 Å². The Morgan fingerprint density at radius 1 is 0.350 bits per heavy atom. The number of hydrogen-bond donors (Lipinski definition) is 0. The molecule has 0 aliphatic rings. The van der Waals surface area contributed by atoms with E-state index in [2.05, 4.69) is 60.7 Å². The molecule has 0 radical (unpaired) electrons. The van der Waals surface area contributed by atoms with E-state index in [1.54, 1.807) is 0 Å². The van der Waals surface area contributed by atoms with Gasteiger partial charge in [0.15, 0.2) is 0 Å². The van der Waals surface area contributed by atoms with Crippen LogP contribution in [-0.2, 0) is 0 Å². The molecule has 0 atom stereocenters. The van der Waals surface area contributed by atoms with Crippen LogP contribution in [0.3, 0.4) is 0 Å². The van der Waals surface area contributed by atoms with Crippen molar-refractivity contribution in [2.75, 3.05) is 0 Å². The molecule has 0 heterocycles. The average Bonchev–Trinajstić information content (AvgIpc) is 3.10. The van der Waals surface area contributed by atoms with Gasteiger partial charge in [0.05, 0.1) is 9.60 Å². The topological polar surface area (TPSA) is 0 Å². The van der Waals surface area contributed by atoms with Crippen LogP contribution in [0.25, 0.3) is 76.5 Å². The van der Waals surface area contributed by atoms with Crippen LogP contribution >= 0.6 is 0 Å². The van der Waals surface area contributed by atoms with Crippen LogP contribution in [0.4, 0.5) is 0 Å². The normalized spacial score (nSPS) is 13.9. The molecule has 0 spiro atoms. The third kappa shape index (κ3) is 3.54. The zero-order chi connectivity index (χ0) is 32.6. The highest BCUT2D eigenvalue weighted by atomic mass is 14.2. The molecule has 0 heteroatoms. The lowest BCUT2D eigenvalue weighted by atomic mass is 9.83. The number of fused-ring (bicyclic) bond motifs is 4. The molecule has 8 rings (SSSR count). The zero-order valence-electron chi connectivity index (χ0n) is 28.5. The maximum Gasteiger partial charge on any atom is 0.0636 e. The van der Waals surface area contributed by atoms with Gasteiger partial charge >= 0.3 is 0 Å². The van der Waals surface area contributed by atoms with Gasteiger partial charge in [0.25, 0.3) is 0 Å². The molecule has 186 valence electrons. The van der Waals surface area contributed by atoms with Crippen molar-refractivity contribution in [1.82, 2.24) is 0 Å². The van der Waals surface area contributed by atoms with Gasteiger partial charge in [-0.3, -0.25) is 0 Å². The summed E-state index contributed by atoms with van der Waals surface area (Å²) >= 11 is 0. The molecule has 0 saturated heterocycles. The van der Waals surface area contributed by atoms with Crippen molar-refractivity contribution in [3.8, 4) is 33.4 Å². The van der Waals surface area contributed by atoms with Gasteiger partial charge in [0.1, 0.15) is 0 Å². The summed E-state index contributed by atoms with van der Waals surface area (Å²) in [6.07, 6.45) is 0. The second-order valence-corrected chi connectivity index (χ2v) is 9.91. The SMILES string of the molecule is [2H]c1c([2H])c([2H])c2c([2H])c(-c3ccccc3-c3c4ccccc4c(-c4cccc5ccccc45)c4ccccc34)c([2H])c([2H])c2c1[2H]. The van der Waals surface area contributed by atoms with Crippen molar-refractivity contribution in [2.24, 2.45) is 0 Å². The van der Waals surface area contributed by atoms with Crippen molar-refractivity contribution in [3.05, 3.63) is 158 Å². The third-order valence-corrected chi connectivity index (χ3v) is 7.71. The van der Waals surface area contributed by atoms with Crippen LogP contribution in [0.2, 0.25) is 0 Å². The van der Waals surface area contributed by atoms with E-state index in [-0.39, 0.29) is 40.5 Å². The predicted molar refractivity (Wildman–Crippen MR) is 173 cm³/mol. The fourth-order valence-corrected chi connectivity index (χ4v) is 5.99. The van der Waals surface area contributed by atoms with Gasteiger partial charge in [-0.05, 0) is 82.5 Å². The first-order valence-corrected chi connectivity index (χ1v) is 13.3. The Labute approximate surface area is 243 Å². The molecule has 40 heavy (non-hydrogen) atoms. The van der Waals surface area contributed by atoms with Gasteiger partial charge in [-0.15, -0.1) is 0 Å². The molecule has 0 unspecified atom stereocenters. The lowest BCUT2D eigenvalue weighted by Crippen LogP contribution is -1.93. The largest absolute Gasteiger partial charge is 0.0636 e. The molecule has 0 nitrogen and oxygen atoms in total. The first kappa shape index (κ1) is 16.7. The lowest BCUT2D eigenvalue weighted by Gasteiger charge is -2.20. The van der Waals surface area contributed by atoms with Crippen molar-refractivity contribution < 1.29 is 9.60 Å². The number of benzene rings is 8. The molecule has 0 aliphatic carbocycles. The van der Waals surface area contributed by atoms with Crippen LogP contribution < -0.4 is 0 Å². The first-order valence-electron chi connectivity index (χ1n) is 16.8. The minimum Gasteiger partial charge on any atom is -0.0616 e. The predicted octanol–water partition coefficient (Wildman–Crippen LogP) is 11.3. The van der Waals surface area contributed by atoms with Crippen molar-refractivity contribution in [3.63, 3.8) is 0 Å². The van der Waals surface area contributed by atoms with Crippen LogP contribution in [0, 0.1) is 0 Å². The standard InChI is InChI=1S/C40H26/c1-2-14-29-26-30(25-24-27(29)12-1)32-17-5-6-18-33(32)39-35-19-7-9-21-37(35)40(38-22-10-8-20-36(38)39)34-23-11-15-28-13-3-4-16-31(28)34/h1-26H/i1D,2D,12D,14D,24D,25D,26D. The smallest absolute Gasteiger partial charge is 0.0616 e. The van der Waals surface area contributed by atoms with Gasteiger partial charge in [0.2, 0.25) is 0 Å². The van der Waals surface area contributed by atoms with Crippen molar-refractivity contribution >= 4 is 43.1 Å². The quantitative estimate of drug-likeness (QED) is 0.206. The Balaban J connectivity index is 1.51. The molecule has 0 fully saturated rings. The first-order chi connectivity index (χ1) is 22.8. The van der Waals surface area contributed by atoms with Crippen LogP contribution in [0.15, 0.2) is 158 Å². The Kier molecular flexibility index (Phi) is 3.85. The fourth-order valence-electron chi connectivity index (χ4n) is 5.99. The minimum absolute atomic E-state index is 0.0529. The van der Waals surface area contributed by atoms with Crippen LogP contribution in [-0.4, -0.2) is 0 Å². The number of hydrogen-bond acceptors (Lipinski definition) is 0. The highest BCUT2D eigenvalue weighted by Crippen LogP contribution is 2.47. The summed E-state index contributed by atoms with van der Waals surface area (Å²) in [4.78, 5) is 0. The fraction of sp³-hybridized carbons (Fsp3) is 0. The van der Waals surface area contributed by atoms with Crippen molar-refractivity contribution in [1.29, 1.82) is 0 Å². The second-order valence-electron chi connectivity index (χ2n) is 9.91. The molecule has 8 aromatic carbocycles. The van der Waals surface area contributed by atoms with Gasteiger partial charge in [-0.2, -0.15) is 0 Å². The van der Waals surface area contributed by atoms with Crippen molar-refractivity contribution in [2.45, 2.75) is 0 Å². The Hall–Kier alpha value is -5.20. The minimum atomic E-state index is -0.479. The van der Waals surface area contributed by atoms with E-state index >= 15 is 0 Å². The van der Waals surface area contributed by atoms with Crippen LogP contribution in [0.5, 0.6) is 0 Å². The molecule has 0 aromatic heterocycles. The Morgan fingerprint density at radius 2 is 0.850 bits per heavy atom. The summed E-state index contributed by atoms with van der Waals surface area (Å²) in [5, 5.41) is 6.24. The van der Waals surface area contributed by atoms with Gasteiger partial charge in [0, 0.05) is 0 Å². The highest BCUT2D eigenvalue weighted by molar-refractivity contribution is 6.24. The molecule has 0 bridgehead atoms. The summed E-state index contributed by atoms with van der Waals surface area (Å²) in [5.41, 5.74) is 4.65.